The highest BCUT2D eigenvalue weighted by molar-refractivity contribution is 5.79. The standard InChI is InChI=1S/C24H44N2O9/c1-20(21(2)27)7-4-5-9-25-23(29)18-35-16-14-33-12-10-26-24(30)19-34-15-13-32-11-6-8-22(28)17-31-3/h20H,4-19H2,1-3H3,(H,25,29)(H,26,30)/t20-/m0/s1. The number of hydrogen-bond donors (Lipinski definition) is 2. The topological polar surface area (TPSA) is 138 Å². The van der Waals surface area contributed by atoms with E-state index >= 15 is 0 Å². The lowest BCUT2D eigenvalue weighted by atomic mass is 10.0. The van der Waals surface area contributed by atoms with E-state index in [0.29, 0.717) is 59.0 Å². The average Bonchev–Trinajstić information content (AvgIpc) is 2.82. The number of methoxy groups -OCH3 is 1. The Kier molecular flexibility index (Phi) is 22.5. The molecule has 0 fully saturated rings. The summed E-state index contributed by atoms with van der Waals surface area (Å²) in [5.74, 6) is -0.117. The molecule has 204 valence electrons. The van der Waals surface area contributed by atoms with Crippen molar-refractivity contribution in [1.82, 2.24) is 10.6 Å². The second-order valence-corrected chi connectivity index (χ2v) is 8.11. The van der Waals surface area contributed by atoms with Gasteiger partial charge < -0.3 is 34.3 Å². The number of carbonyl (C=O) groups is 4. The molecule has 0 unspecified atom stereocenters. The first-order chi connectivity index (χ1) is 16.9. The molecule has 0 rings (SSSR count). The largest absolute Gasteiger partial charge is 0.379 e. The van der Waals surface area contributed by atoms with E-state index in [0.717, 1.165) is 19.3 Å². The smallest absolute Gasteiger partial charge is 0.246 e. The summed E-state index contributed by atoms with van der Waals surface area (Å²) in [6, 6.07) is 0. The van der Waals surface area contributed by atoms with Crippen molar-refractivity contribution in [3.8, 4) is 0 Å². The van der Waals surface area contributed by atoms with Crippen molar-refractivity contribution in [2.75, 3.05) is 79.7 Å². The van der Waals surface area contributed by atoms with Gasteiger partial charge >= 0.3 is 0 Å². The molecule has 1 atom stereocenters. The van der Waals surface area contributed by atoms with Crippen LogP contribution in [0, 0.1) is 5.92 Å². The van der Waals surface area contributed by atoms with Crippen LogP contribution in [0.1, 0.15) is 46.0 Å². The molecule has 11 nitrogen and oxygen atoms in total. The minimum absolute atomic E-state index is 0.0308. The molecule has 0 aliphatic rings. The molecule has 0 aliphatic heterocycles. The maximum Gasteiger partial charge on any atom is 0.246 e. The Morgan fingerprint density at radius 3 is 1.86 bits per heavy atom. The average molecular weight is 505 g/mol. The van der Waals surface area contributed by atoms with Gasteiger partial charge in [0.2, 0.25) is 11.8 Å². The molecule has 11 heteroatoms. The van der Waals surface area contributed by atoms with Gasteiger partial charge in [0.1, 0.15) is 25.6 Å². The highest BCUT2D eigenvalue weighted by atomic mass is 16.5. The number of rotatable bonds is 25. The number of nitrogens with one attached hydrogen (secondary N) is 2. The predicted octanol–water partition coefficient (Wildman–Crippen LogP) is 0.676. The van der Waals surface area contributed by atoms with Crippen LogP contribution in [-0.2, 0) is 42.9 Å². The summed E-state index contributed by atoms with van der Waals surface area (Å²) in [6.07, 6.45) is 3.61. The number of carbonyl (C=O) groups excluding carboxylic acids is 4. The fourth-order valence-electron chi connectivity index (χ4n) is 2.75. The van der Waals surface area contributed by atoms with Crippen LogP contribution in [0.15, 0.2) is 0 Å². The van der Waals surface area contributed by atoms with Crippen molar-refractivity contribution in [3.63, 3.8) is 0 Å². The fraction of sp³-hybridized carbons (Fsp3) is 0.833. The Bertz CT molecular complexity index is 587. The van der Waals surface area contributed by atoms with Crippen molar-refractivity contribution < 1.29 is 42.9 Å². The molecule has 0 aromatic heterocycles. The van der Waals surface area contributed by atoms with Crippen LogP contribution in [0.2, 0.25) is 0 Å². The molecular weight excluding hydrogens is 460 g/mol. The predicted molar refractivity (Wildman–Crippen MR) is 129 cm³/mol. The Morgan fingerprint density at radius 2 is 1.26 bits per heavy atom. The maximum atomic E-state index is 11.7. The third-order valence-corrected chi connectivity index (χ3v) is 4.91. The lowest BCUT2D eigenvalue weighted by Crippen LogP contribution is -2.31. The van der Waals surface area contributed by atoms with Crippen LogP contribution in [-0.4, -0.2) is 103 Å². The van der Waals surface area contributed by atoms with Gasteiger partial charge in [-0.05, 0) is 26.2 Å². The molecule has 0 aliphatic carbocycles. The molecule has 0 spiro atoms. The number of ketones is 2. The normalized spacial score (nSPS) is 11.7. The second-order valence-electron chi connectivity index (χ2n) is 8.11. The summed E-state index contributed by atoms with van der Waals surface area (Å²) >= 11 is 0. The lowest BCUT2D eigenvalue weighted by Gasteiger charge is -2.09. The zero-order valence-corrected chi connectivity index (χ0v) is 21.6. The van der Waals surface area contributed by atoms with Gasteiger partial charge in [0.25, 0.3) is 0 Å². The summed E-state index contributed by atoms with van der Waals surface area (Å²) in [5.41, 5.74) is 0. The summed E-state index contributed by atoms with van der Waals surface area (Å²) in [4.78, 5) is 45.7. The minimum atomic E-state index is -0.248. The van der Waals surface area contributed by atoms with Gasteiger partial charge in [-0.25, -0.2) is 0 Å². The van der Waals surface area contributed by atoms with Crippen molar-refractivity contribution in [2.45, 2.75) is 46.0 Å². The first kappa shape index (κ1) is 33.1. The fourth-order valence-corrected chi connectivity index (χ4v) is 2.75. The first-order valence-corrected chi connectivity index (χ1v) is 12.2. The Morgan fingerprint density at radius 1 is 0.686 bits per heavy atom. The minimum Gasteiger partial charge on any atom is -0.379 e. The van der Waals surface area contributed by atoms with Crippen LogP contribution in [0.5, 0.6) is 0 Å². The van der Waals surface area contributed by atoms with Crippen LogP contribution in [0.3, 0.4) is 0 Å². The van der Waals surface area contributed by atoms with Gasteiger partial charge in [-0.2, -0.15) is 0 Å². The lowest BCUT2D eigenvalue weighted by molar-refractivity contribution is -0.127. The van der Waals surface area contributed by atoms with Crippen molar-refractivity contribution in [2.24, 2.45) is 5.92 Å². The van der Waals surface area contributed by atoms with Gasteiger partial charge in [0.05, 0.1) is 33.0 Å². The van der Waals surface area contributed by atoms with E-state index in [1.807, 2.05) is 6.92 Å². The van der Waals surface area contributed by atoms with E-state index < -0.39 is 0 Å². The highest BCUT2D eigenvalue weighted by Crippen LogP contribution is 2.07. The number of amides is 2. The molecule has 2 N–H and O–H groups in total. The van der Waals surface area contributed by atoms with Crippen LogP contribution in [0.25, 0.3) is 0 Å². The monoisotopic (exact) mass is 504 g/mol. The zero-order valence-electron chi connectivity index (χ0n) is 21.6. The molecule has 35 heavy (non-hydrogen) atoms. The summed E-state index contributed by atoms with van der Waals surface area (Å²) in [6.45, 7) is 6.48. The summed E-state index contributed by atoms with van der Waals surface area (Å²) in [7, 11) is 1.49. The van der Waals surface area contributed by atoms with Crippen LogP contribution in [0.4, 0.5) is 0 Å². The molecule has 0 saturated heterocycles. The number of hydrogen-bond acceptors (Lipinski definition) is 9. The molecule has 0 aromatic carbocycles. The van der Waals surface area contributed by atoms with E-state index in [2.05, 4.69) is 10.6 Å². The van der Waals surface area contributed by atoms with Crippen molar-refractivity contribution in [1.29, 1.82) is 0 Å². The first-order valence-electron chi connectivity index (χ1n) is 12.2. The molecule has 0 radical (unpaired) electrons. The van der Waals surface area contributed by atoms with Gasteiger partial charge in [0.15, 0.2) is 5.78 Å². The van der Waals surface area contributed by atoms with E-state index in [9.17, 15) is 19.2 Å². The van der Waals surface area contributed by atoms with Gasteiger partial charge in [0, 0.05) is 39.1 Å². The van der Waals surface area contributed by atoms with Gasteiger partial charge in [-0.3, -0.25) is 19.2 Å². The Labute approximate surface area is 208 Å². The van der Waals surface area contributed by atoms with E-state index in [4.69, 9.17) is 23.7 Å². The van der Waals surface area contributed by atoms with E-state index in [1.54, 1.807) is 6.92 Å². The zero-order chi connectivity index (χ0) is 26.2. The number of Topliss-reactive ketones (excluding diaryl/α,β-unsaturated/α-hetero) is 2. The molecule has 0 saturated carbocycles. The molecule has 0 heterocycles. The van der Waals surface area contributed by atoms with Gasteiger partial charge in [-0.15, -0.1) is 0 Å². The Hall–Kier alpha value is -1.92. The summed E-state index contributed by atoms with van der Waals surface area (Å²) in [5, 5.41) is 5.45. The molecule has 2 amide bonds. The molecule has 0 bridgehead atoms. The third kappa shape index (κ3) is 23.6. The number of unbranched alkanes of at least 4 members (excludes halogenated alkanes) is 1. The van der Waals surface area contributed by atoms with E-state index in [1.165, 1.54) is 7.11 Å². The van der Waals surface area contributed by atoms with Crippen molar-refractivity contribution >= 4 is 23.4 Å². The summed E-state index contributed by atoms with van der Waals surface area (Å²) < 4.78 is 25.9. The van der Waals surface area contributed by atoms with E-state index in [-0.39, 0.29) is 55.7 Å². The number of ether oxygens (including phenoxy) is 5. The Balaban J connectivity index is 3.36. The SMILES string of the molecule is COCC(=O)CCCOCCOCC(=O)NCCOCCOCC(=O)NCCCC[C@H](C)C(C)=O. The quantitative estimate of drug-likeness (QED) is 0.172. The van der Waals surface area contributed by atoms with Crippen molar-refractivity contribution in [3.05, 3.63) is 0 Å². The van der Waals surface area contributed by atoms with Gasteiger partial charge in [-0.1, -0.05) is 13.3 Å². The third-order valence-electron chi connectivity index (χ3n) is 4.91. The molecule has 0 aromatic rings. The van der Waals surface area contributed by atoms with Crippen LogP contribution >= 0.6 is 0 Å². The molecular formula is C24H44N2O9. The second kappa shape index (κ2) is 23.8. The highest BCUT2D eigenvalue weighted by Gasteiger charge is 2.07. The maximum absolute atomic E-state index is 11.7. The van der Waals surface area contributed by atoms with Crippen LogP contribution < -0.4 is 10.6 Å².